The summed E-state index contributed by atoms with van der Waals surface area (Å²) in [4.78, 5) is 40.6. The average molecular weight is 411 g/mol. The number of hydrogen-bond donors (Lipinski definition) is 1. The number of thiophene rings is 1. The van der Waals surface area contributed by atoms with E-state index in [4.69, 9.17) is 10.7 Å². The Labute approximate surface area is 169 Å². The molecule has 0 atom stereocenters. The van der Waals surface area contributed by atoms with E-state index in [1.54, 1.807) is 29.3 Å². The van der Waals surface area contributed by atoms with Crippen molar-refractivity contribution in [2.24, 2.45) is 14.1 Å². The van der Waals surface area contributed by atoms with Gasteiger partial charge in [0.15, 0.2) is 17.0 Å². The first-order chi connectivity index (χ1) is 14.0. The standard InChI is InChI=1S/C19H21N7O2S/c1-24-16-14(18(27)25(2)19(24)28)26(9-21-16)8-12-22-15(20)13-10-6-4-3-5-7-11(10)29-17(13)23-12/h9H,3-8H2,1-2H3,(H2,20,22,23). The number of aromatic nitrogens is 6. The molecule has 1 aliphatic carbocycles. The monoisotopic (exact) mass is 411 g/mol. The second kappa shape index (κ2) is 6.51. The van der Waals surface area contributed by atoms with Crippen LogP contribution in [0.2, 0.25) is 0 Å². The van der Waals surface area contributed by atoms with Crippen LogP contribution in [0.5, 0.6) is 0 Å². The van der Waals surface area contributed by atoms with Gasteiger partial charge in [0.05, 0.1) is 18.3 Å². The van der Waals surface area contributed by atoms with Crippen molar-refractivity contribution in [1.29, 1.82) is 0 Å². The predicted molar refractivity (Wildman–Crippen MR) is 112 cm³/mol. The quantitative estimate of drug-likeness (QED) is 0.498. The van der Waals surface area contributed by atoms with Crippen LogP contribution in [0.4, 0.5) is 5.82 Å². The molecule has 9 nitrogen and oxygen atoms in total. The fourth-order valence-electron chi connectivity index (χ4n) is 4.15. The Kier molecular flexibility index (Phi) is 4.05. The third kappa shape index (κ3) is 2.70. The molecule has 0 bridgehead atoms. The highest BCUT2D eigenvalue weighted by Gasteiger charge is 2.20. The van der Waals surface area contributed by atoms with Gasteiger partial charge in [-0.2, -0.15) is 0 Å². The molecule has 150 valence electrons. The summed E-state index contributed by atoms with van der Waals surface area (Å²) in [5.41, 5.74) is 7.53. The molecule has 1 aliphatic rings. The first kappa shape index (κ1) is 18.0. The number of hydrogen-bond acceptors (Lipinski definition) is 7. The SMILES string of the molecule is Cn1c(=O)c2c(ncn2Cc2nc(N)c3c4c(sc3n2)CCCCC4)n(C)c1=O. The number of aryl methyl sites for hydroxylation is 3. The number of imidazole rings is 1. The number of nitrogen functional groups attached to an aromatic ring is 1. The fraction of sp³-hybridized carbons (Fsp3) is 0.421. The molecule has 0 spiro atoms. The average Bonchev–Trinajstić information content (AvgIpc) is 3.19. The van der Waals surface area contributed by atoms with Gasteiger partial charge in [-0.05, 0) is 31.2 Å². The lowest BCUT2D eigenvalue weighted by atomic mass is 10.1. The smallest absolute Gasteiger partial charge is 0.332 e. The van der Waals surface area contributed by atoms with E-state index in [2.05, 4.69) is 9.97 Å². The van der Waals surface area contributed by atoms with Crippen LogP contribution in [0.15, 0.2) is 15.9 Å². The summed E-state index contributed by atoms with van der Waals surface area (Å²) in [7, 11) is 3.06. The zero-order chi connectivity index (χ0) is 20.3. The van der Waals surface area contributed by atoms with Crippen molar-refractivity contribution >= 4 is 38.5 Å². The topological polar surface area (TPSA) is 114 Å². The Morgan fingerprint density at radius 3 is 2.72 bits per heavy atom. The molecule has 0 radical (unpaired) electrons. The lowest BCUT2D eigenvalue weighted by Crippen LogP contribution is -2.37. The Morgan fingerprint density at radius 2 is 1.90 bits per heavy atom. The van der Waals surface area contributed by atoms with Gasteiger partial charge < -0.3 is 10.3 Å². The highest BCUT2D eigenvalue weighted by Crippen LogP contribution is 2.37. The molecule has 0 aromatic carbocycles. The molecule has 4 aromatic heterocycles. The van der Waals surface area contributed by atoms with Crippen molar-refractivity contribution < 1.29 is 0 Å². The third-order valence-electron chi connectivity index (χ3n) is 5.67. The summed E-state index contributed by atoms with van der Waals surface area (Å²) in [5.74, 6) is 1.02. The minimum absolute atomic E-state index is 0.257. The van der Waals surface area contributed by atoms with Crippen molar-refractivity contribution in [1.82, 2.24) is 28.7 Å². The molecule has 0 fully saturated rings. The van der Waals surface area contributed by atoms with Crippen molar-refractivity contribution in [3.05, 3.63) is 43.4 Å². The maximum atomic E-state index is 12.6. The minimum Gasteiger partial charge on any atom is -0.383 e. The molecule has 4 heterocycles. The highest BCUT2D eigenvalue weighted by atomic mass is 32.1. The van der Waals surface area contributed by atoms with Gasteiger partial charge in [-0.25, -0.2) is 19.7 Å². The molecule has 0 saturated carbocycles. The maximum absolute atomic E-state index is 12.6. The molecule has 2 N–H and O–H groups in total. The van der Waals surface area contributed by atoms with Crippen LogP contribution in [0.3, 0.4) is 0 Å². The molecule has 5 rings (SSSR count). The Hall–Kier alpha value is -3.01. The van der Waals surface area contributed by atoms with E-state index in [9.17, 15) is 9.59 Å². The molecular formula is C19H21N7O2S. The van der Waals surface area contributed by atoms with Gasteiger partial charge in [-0.3, -0.25) is 13.9 Å². The van der Waals surface area contributed by atoms with Crippen molar-refractivity contribution in [3.8, 4) is 0 Å². The summed E-state index contributed by atoms with van der Waals surface area (Å²) in [6.45, 7) is 0.257. The van der Waals surface area contributed by atoms with Gasteiger partial charge in [-0.15, -0.1) is 11.3 Å². The number of rotatable bonds is 2. The summed E-state index contributed by atoms with van der Waals surface area (Å²) in [5, 5.41) is 0.990. The zero-order valence-corrected chi connectivity index (χ0v) is 17.1. The summed E-state index contributed by atoms with van der Waals surface area (Å²) in [6.07, 6.45) is 7.25. The molecule has 29 heavy (non-hydrogen) atoms. The van der Waals surface area contributed by atoms with E-state index >= 15 is 0 Å². The lowest BCUT2D eigenvalue weighted by molar-refractivity contribution is 0.699. The lowest BCUT2D eigenvalue weighted by Gasteiger charge is -2.07. The van der Waals surface area contributed by atoms with Gasteiger partial charge >= 0.3 is 5.69 Å². The van der Waals surface area contributed by atoms with Crippen molar-refractivity contribution in [2.45, 2.75) is 38.6 Å². The molecule has 0 amide bonds. The Balaban J connectivity index is 1.63. The molecule has 0 aliphatic heterocycles. The second-order valence-corrected chi connectivity index (χ2v) is 8.60. The van der Waals surface area contributed by atoms with Gasteiger partial charge in [0.2, 0.25) is 0 Å². The van der Waals surface area contributed by atoms with Crippen LogP contribution in [-0.2, 0) is 33.5 Å². The van der Waals surface area contributed by atoms with Crippen LogP contribution in [0, 0.1) is 0 Å². The second-order valence-electron chi connectivity index (χ2n) is 7.52. The van der Waals surface area contributed by atoms with Crippen LogP contribution in [0.25, 0.3) is 21.4 Å². The molecular weight excluding hydrogens is 390 g/mol. The van der Waals surface area contributed by atoms with Crippen molar-refractivity contribution in [3.63, 3.8) is 0 Å². The van der Waals surface area contributed by atoms with Gasteiger partial charge in [0.1, 0.15) is 10.6 Å². The zero-order valence-electron chi connectivity index (χ0n) is 16.3. The molecule has 0 unspecified atom stereocenters. The fourth-order valence-corrected chi connectivity index (χ4v) is 5.44. The number of nitrogens with two attached hydrogens (primary N) is 1. The summed E-state index contributed by atoms with van der Waals surface area (Å²) < 4.78 is 4.12. The number of fused-ring (bicyclic) bond motifs is 4. The van der Waals surface area contributed by atoms with Crippen LogP contribution in [0.1, 0.15) is 35.5 Å². The van der Waals surface area contributed by atoms with E-state index in [0.717, 1.165) is 27.6 Å². The summed E-state index contributed by atoms with van der Waals surface area (Å²) >= 11 is 1.70. The van der Waals surface area contributed by atoms with Gasteiger partial charge in [-0.1, -0.05) is 6.42 Å². The van der Waals surface area contributed by atoms with Crippen LogP contribution < -0.4 is 17.0 Å². The third-order valence-corrected chi connectivity index (χ3v) is 6.85. The van der Waals surface area contributed by atoms with Crippen LogP contribution in [-0.4, -0.2) is 28.7 Å². The Morgan fingerprint density at radius 1 is 1.10 bits per heavy atom. The van der Waals surface area contributed by atoms with Crippen LogP contribution >= 0.6 is 11.3 Å². The summed E-state index contributed by atoms with van der Waals surface area (Å²) in [6, 6.07) is 0. The van der Waals surface area contributed by atoms with E-state index in [-0.39, 0.29) is 6.54 Å². The maximum Gasteiger partial charge on any atom is 0.332 e. The van der Waals surface area contributed by atoms with Gasteiger partial charge in [0, 0.05) is 19.0 Å². The normalized spacial score (nSPS) is 14.4. The van der Waals surface area contributed by atoms with E-state index in [1.807, 2.05) is 0 Å². The molecule has 10 heteroatoms. The molecule has 0 saturated heterocycles. The van der Waals surface area contributed by atoms with Crippen molar-refractivity contribution in [2.75, 3.05) is 5.73 Å². The minimum atomic E-state index is -0.408. The molecule has 4 aromatic rings. The van der Waals surface area contributed by atoms with E-state index in [0.29, 0.717) is 22.8 Å². The van der Waals surface area contributed by atoms with Gasteiger partial charge in [0.25, 0.3) is 5.56 Å². The Bertz CT molecular complexity index is 1390. The van der Waals surface area contributed by atoms with E-state index in [1.165, 1.54) is 41.3 Å². The first-order valence-electron chi connectivity index (χ1n) is 9.63. The predicted octanol–water partition coefficient (Wildman–Crippen LogP) is 1.34. The number of nitrogens with zero attached hydrogens (tertiary/aromatic N) is 6. The largest absolute Gasteiger partial charge is 0.383 e. The van der Waals surface area contributed by atoms with E-state index < -0.39 is 11.2 Å². The number of anilines is 1. The first-order valence-corrected chi connectivity index (χ1v) is 10.4. The highest BCUT2D eigenvalue weighted by molar-refractivity contribution is 7.19.